The summed E-state index contributed by atoms with van der Waals surface area (Å²) in [7, 11) is 1.67. The van der Waals surface area contributed by atoms with Gasteiger partial charge in [-0.15, -0.1) is 0 Å². The first kappa shape index (κ1) is 12.5. The molecule has 0 N–H and O–H groups in total. The predicted molar refractivity (Wildman–Crippen MR) is 74.0 cm³/mol. The van der Waals surface area contributed by atoms with Gasteiger partial charge in [0.15, 0.2) is 0 Å². The summed E-state index contributed by atoms with van der Waals surface area (Å²) in [6.45, 7) is 0. The van der Waals surface area contributed by atoms with Crippen molar-refractivity contribution in [2.75, 3.05) is 7.11 Å². The Bertz CT molecular complexity index is 447. The van der Waals surface area contributed by atoms with Crippen LogP contribution in [0, 0.1) is 5.82 Å². The van der Waals surface area contributed by atoms with Gasteiger partial charge in [0.1, 0.15) is 11.6 Å². The molecular weight excluding hydrogens is 295 g/mol. The van der Waals surface area contributed by atoms with E-state index in [1.54, 1.807) is 19.2 Å². The van der Waals surface area contributed by atoms with Crippen molar-refractivity contribution in [3.63, 3.8) is 0 Å². The standard InChI is InChI=1S/C15H18BrFO/c1-18-13-3-2-11(17)10-12(13)14-4-7-15(16,8-5-14)9-6-14/h2-3,10H,4-9H2,1H3. The minimum atomic E-state index is -0.151. The van der Waals surface area contributed by atoms with Crippen LogP contribution in [-0.2, 0) is 5.41 Å². The topological polar surface area (TPSA) is 9.23 Å². The Labute approximate surface area is 116 Å². The van der Waals surface area contributed by atoms with Crippen molar-refractivity contribution >= 4 is 15.9 Å². The number of methoxy groups -OCH3 is 1. The summed E-state index contributed by atoms with van der Waals surface area (Å²) in [6.07, 6.45) is 6.97. The SMILES string of the molecule is COc1ccc(F)cc1C12CCC(Br)(CC1)CC2. The molecule has 0 radical (unpaired) electrons. The normalized spacial score (nSPS) is 34.6. The summed E-state index contributed by atoms with van der Waals surface area (Å²) in [5.74, 6) is 0.696. The third-order valence-corrected chi connectivity index (χ3v) is 6.08. The van der Waals surface area contributed by atoms with E-state index in [0.717, 1.165) is 30.6 Å². The maximum atomic E-state index is 13.6. The molecule has 3 heteroatoms. The predicted octanol–water partition coefficient (Wildman–Crippen LogP) is 4.57. The van der Waals surface area contributed by atoms with Crippen molar-refractivity contribution in [1.82, 2.24) is 0 Å². The molecule has 18 heavy (non-hydrogen) atoms. The van der Waals surface area contributed by atoms with Crippen molar-refractivity contribution in [1.29, 1.82) is 0 Å². The Kier molecular flexibility index (Phi) is 2.92. The minimum Gasteiger partial charge on any atom is -0.496 e. The zero-order valence-corrected chi connectivity index (χ0v) is 12.2. The van der Waals surface area contributed by atoms with Gasteiger partial charge in [-0.25, -0.2) is 4.39 Å². The van der Waals surface area contributed by atoms with Crippen LogP contribution in [0.3, 0.4) is 0 Å². The van der Waals surface area contributed by atoms with Crippen molar-refractivity contribution in [3.05, 3.63) is 29.6 Å². The number of fused-ring (bicyclic) bond motifs is 3. The zero-order valence-electron chi connectivity index (χ0n) is 10.6. The fourth-order valence-electron chi connectivity index (χ4n) is 3.64. The molecule has 0 spiro atoms. The van der Waals surface area contributed by atoms with Gasteiger partial charge in [0.25, 0.3) is 0 Å². The van der Waals surface area contributed by atoms with E-state index in [0.29, 0.717) is 4.32 Å². The average molecular weight is 313 g/mol. The summed E-state index contributed by atoms with van der Waals surface area (Å²) in [4.78, 5) is 0. The van der Waals surface area contributed by atoms with Crippen LogP contribution in [0.25, 0.3) is 0 Å². The molecule has 3 aliphatic carbocycles. The van der Waals surface area contributed by atoms with Gasteiger partial charge < -0.3 is 4.74 Å². The van der Waals surface area contributed by atoms with Crippen LogP contribution in [0.2, 0.25) is 0 Å². The maximum absolute atomic E-state index is 13.6. The lowest BCUT2D eigenvalue weighted by Gasteiger charge is -2.51. The van der Waals surface area contributed by atoms with E-state index >= 15 is 0 Å². The lowest BCUT2D eigenvalue weighted by Crippen LogP contribution is -2.45. The maximum Gasteiger partial charge on any atom is 0.123 e. The van der Waals surface area contributed by atoms with Crippen LogP contribution in [0.15, 0.2) is 18.2 Å². The lowest BCUT2D eigenvalue weighted by atomic mass is 9.58. The number of alkyl halides is 1. The molecule has 3 aliphatic rings. The summed E-state index contributed by atoms with van der Waals surface area (Å²) >= 11 is 3.87. The molecule has 0 atom stereocenters. The van der Waals surface area contributed by atoms with Crippen LogP contribution in [-0.4, -0.2) is 11.4 Å². The van der Waals surface area contributed by atoms with Gasteiger partial charge >= 0.3 is 0 Å². The zero-order chi connectivity index (χ0) is 12.8. The van der Waals surface area contributed by atoms with Gasteiger partial charge in [0.05, 0.1) is 7.11 Å². The molecule has 0 aromatic heterocycles. The van der Waals surface area contributed by atoms with E-state index < -0.39 is 0 Å². The molecule has 1 aromatic rings. The van der Waals surface area contributed by atoms with E-state index in [2.05, 4.69) is 15.9 Å². The monoisotopic (exact) mass is 312 g/mol. The molecular formula is C15H18BrFO. The second kappa shape index (κ2) is 4.22. The quantitative estimate of drug-likeness (QED) is 0.727. The molecule has 0 heterocycles. The van der Waals surface area contributed by atoms with Crippen LogP contribution >= 0.6 is 15.9 Å². The molecule has 1 nitrogen and oxygen atoms in total. The van der Waals surface area contributed by atoms with Crippen LogP contribution < -0.4 is 4.74 Å². The molecule has 0 amide bonds. The molecule has 1 aromatic carbocycles. The van der Waals surface area contributed by atoms with E-state index in [4.69, 9.17) is 4.74 Å². The second-order valence-corrected chi connectivity index (χ2v) is 7.46. The van der Waals surface area contributed by atoms with Crippen molar-refractivity contribution in [2.24, 2.45) is 0 Å². The smallest absolute Gasteiger partial charge is 0.123 e. The lowest BCUT2D eigenvalue weighted by molar-refractivity contribution is 0.158. The molecule has 0 saturated heterocycles. The number of hydrogen-bond donors (Lipinski definition) is 0. The summed E-state index contributed by atoms with van der Waals surface area (Å²) in [5, 5.41) is 0. The van der Waals surface area contributed by atoms with E-state index in [-0.39, 0.29) is 11.2 Å². The first-order valence-corrected chi connectivity index (χ1v) is 7.39. The first-order chi connectivity index (χ1) is 8.57. The van der Waals surface area contributed by atoms with Gasteiger partial charge in [0.2, 0.25) is 0 Å². The Morgan fingerprint density at radius 1 is 1.11 bits per heavy atom. The highest BCUT2D eigenvalue weighted by Crippen LogP contribution is 2.58. The fraction of sp³-hybridized carbons (Fsp3) is 0.600. The summed E-state index contributed by atoms with van der Waals surface area (Å²) in [5.41, 5.74) is 1.22. The number of rotatable bonds is 2. The van der Waals surface area contributed by atoms with Gasteiger partial charge in [-0.3, -0.25) is 0 Å². The van der Waals surface area contributed by atoms with E-state index in [1.807, 2.05) is 0 Å². The third-order valence-electron chi connectivity index (χ3n) is 4.89. The number of ether oxygens (including phenoxy) is 1. The first-order valence-electron chi connectivity index (χ1n) is 6.60. The Morgan fingerprint density at radius 2 is 1.72 bits per heavy atom. The minimum absolute atomic E-state index is 0.142. The highest BCUT2D eigenvalue weighted by molar-refractivity contribution is 9.10. The van der Waals surface area contributed by atoms with E-state index in [1.165, 1.54) is 25.3 Å². The van der Waals surface area contributed by atoms with E-state index in [9.17, 15) is 4.39 Å². The highest BCUT2D eigenvalue weighted by atomic mass is 79.9. The third kappa shape index (κ3) is 1.87. The van der Waals surface area contributed by atoms with Crippen molar-refractivity contribution in [3.8, 4) is 5.75 Å². The molecule has 3 fully saturated rings. The van der Waals surface area contributed by atoms with Gasteiger partial charge in [0, 0.05) is 9.89 Å². The molecule has 0 aliphatic heterocycles. The van der Waals surface area contributed by atoms with Crippen LogP contribution in [0.1, 0.15) is 44.1 Å². The van der Waals surface area contributed by atoms with Crippen molar-refractivity contribution in [2.45, 2.75) is 48.3 Å². The van der Waals surface area contributed by atoms with Gasteiger partial charge in [-0.05, 0) is 62.1 Å². The van der Waals surface area contributed by atoms with Gasteiger partial charge in [-0.1, -0.05) is 15.9 Å². The molecule has 4 rings (SSSR count). The van der Waals surface area contributed by atoms with Crippen LogP contribution in [0.5, 0.6) is 5.75 Å². The summed E-state index contributed by atoms with van der Waals surface area (Å²) in [6, 6.07) is 4.94. The molecule has 3 saturated carbocycles. The summed E-state index contributed by atoms with van der Waals surface area (Å²) < 4.78 is 19.4. The Balaban J connectivity index is 2.02. The number of halogens is 2. The van der Waals surface area contributed by atoms with Gasteiger partial charge in [-0.2, -0.15) is 0 Å². The Hall–Kier alpha value is -0.570. The largest absolute Gasteiger partial charge is 0.496 e. The molecule has 0 unspecified atom stereocenters. The molecule has 98 valence electrons. The Morgan fingerprint density at radius 3 is 2.28 bits per heavy atom. The molecule has 2 bridgehead atoms. The second-order valence-electron chi connectivity index (χ2n) is 5.78. The number of benzene rings is 1. The van der Waals surface area contributed by atoms with Crippen molar-refractivity contribution < 1.29 is 9.13 Å². The number of hydrogen-bond acceptors (Lipinski definition) is 1. The average Bonchev–Trinajstić information content (AvgIpc) is 2.40. The highest BCUT2D eigenvalue weighted by Gasteiger charge is 2.49. The fourth-order valence-corrected chi connectivity index (χ4v) is 4.23. The van der Waals surface area contributed by atoms with Crippen LogP contribution in [0.4, 0.5) is 4.39 Å².